The number of alkyl halides is 3. The summed E-state index contributed by atoms with van der Waals surface area (Å²) in [5.41, 5.74) is 0.0323. The van der Waals surface area contributed by atoms with Crippen LogP contribution in [-0.4, -0.2) is 22.0 Å². The molecule has 1 aromatic carbocycles. The van der Waals surface area contributed by atoms with Gasteiger partial charge in [-0.1, -0.05) is 12.1 Å². The molecule has 0 aliphatic heterocycles. The van der Waals surface area contributed by atoms with Gasteiger partial charge in [0.05, 0.1) is 17.2 Å². The summed E-state index contributed by atoms with van der Waals surface area (Å²) in [6.07, 6.45) is -3.01. The number of nitrogens with zero attached hydrogens (tertiary/aromatic N) is 2. The molecule has 0 saturated heterocycles. The summed E-state index contributed by atoms with van der Waals surface area (Å²) >= 11 is 1.27. The van der Waals surface area contributed by atoms with E-state index < -0.39 is 17.6 Å². The van der Waals surface area contributed by atoms with Crippen molar-refractivity contribution in [2.24, 2.45) is 0 Å². The Bertz CT molecular complexity index is 991. The molecule has 0 saturated carbocycles. The van der Waals surface area contributed by atoms with Crippen LogP contribution in [0.3, 0.4) is 0 Å². The first-order valence-electron chi connectivity index (χ1n) is 8.89. The summed E-state index contributed by atoms with van der Waals surface area (Å²) in [6.45, 7) is 3.60. The molecule has 1 amide bonds. The van der Waals surface area contributed by atoms with E-state index in [2.05, 4.69) is 15.3 Å². The van der Waals surface area contributed by atoms with E-state index in [1.54, 1.807) is 11.6 Å². The minimum absolute atomic E-state index is 0.0240. The number of nitrogens with one attached hydrogen (secondary N) is 1. The summed E-state index contributed by atoms with van der Waals surface area (Å²) in [5, 5.41) is 4.83. The quantitative estimate of drug-likeness (QED) is 0.552. The Kier molecular flexibility index (Phi) is 6.56. The highest BCUT2D eigenvalue weighted by atomic mass is 32.1. The molecule has 1 N–H and O–H groups in total. The Morgan fingerprint density at radius 1 is 1.17 bits per heavy atom. The first-order valence-corrected chi connectivity index (χ1v) is 9.77. The highest BCUT2D eigenvalue weighted by Gasteiger charge is 2.29. The van der Waals surface area contributed by atoms with E-state index in [1.165, 1.54) is 35.6 Å². The number of amides is 1. The van der Waals surface area contributed by atoms with Gasteiger partial charge in [-0.15, -0.1) is 11.3 Å². The summed E-state index contributed by atoms with van der Waals surface area (Å²) < 4.78 is 49.2. The molecule has 0 spiro atoms. The second-order valence-corrected chi connectivity index (χ2v) is 7.37. The third-order valence-electron chi connectivity index (χ3n) is 3.72. The van der Waals surface area contributed by atoms with Crippen LogP contribution in [0.25, 0.3) is 0 Å². The molecule has 0 radical (unpaired) electrons. The van der Waals surface area contributed by atoms with Crippen molar-refractivity contribution in [1.82, 2.24) is 9.97 Å². The first kappa shape index (κ1) is 21.6. The van der Waals surface area contributed by atoms with E-state index in [0.29, 0.717) is 10.7 Å². The van der Waals surface area contributed by atoms with Crippen LogP contribution in [0.4, 0.5) is 18.3 Å². The number of pyridine rings is 1. The van der Waals surface area contributed by atoms with Crippen molar-refractivity contribution in [3.05, 3.63) is 64.7 Å². The molecule has 30 heavy (non-hydrogen) atoms. The van der Waals surface area contributed by atoms with Gasteiger partial charge < -0.3 is 9.47 Å². The van der Waals surface area contributed by atoms with Gasteiger partial charge in [-0.2, -0.15) is 18.2 Å². The maximum Gasteiger partial charge on any atom is 0.416 e. The molecular formula is C20H18F3N3O3S. The number of thiazole rings is 1. The fraction of sp³-hybridized carbons (Fsp3) is 0.250. The smallest absolute Gasteiger partial charge is 0.416 e. The van der Waals surface area contributed by atoms with Crippen molar-refractivity contribution in [1.29, 1.82) is 0 Å². The van der Waals surface area contributed by atoms with Gasteiger partial charge in [-0.05, 0) is 31.5 Å². The van der Waals surface area contributed by atoms with Crippen LogP contribution in [-0.2, 0) is 12.8 Å². The van der Waals surface area contributed by atoms with E-state index in [4.69, 9.17) is 9.47 Å². The van der Waals surface area contributed by atoms with Crippen LogP contribution in [0.2, 0.25) is 0 Å². The topological polar surface area (TPSA) is 73.3 Å². The van der Waals surface area contributed by atoms with E-state index in [9.17, 15) is 18.0 Å². The predicted molar refractivity (Wildman–Crippen MR) is 106 cm³/mol. The Morgan fingerprint density at radius 2 is 1.87 bits per heavy atom. The van der Waals surface area contributed by atoms with Crippen molar-refractivity contribution in [2.45, 2.75) is 32.7 Å². The minimum atomic E-state index is -4.40. The molecule has 0 fully saturated rings. The zero-order valence-corrected chi connectivity index (χ0v) is 16.9. The molecule has 10 heteroatoms. The van der Waals surface area contributed by atoms with Gasteiger partial charge in [-0.25, -0.2) is 4.98 Å². The third kappa shape index (κ3) is 5.93. The minimum Gasteiger partial charge on any atom is -0.475 e. The Hall–Kier alpha value is -3.14. The molecule has 2 heterocycles. The van der Waals surface area contributed by atoms with Crippen LogP contribution in [0, 0.1) is 0 Å². The van der Waals surface area contributed by atoms with Crippen molar-refractivity contribution < 1.29 is 27.4 Å². The van der Waals surface area contributed by atoms with Gasteiger partial charge in [-0.3, -0.25) is 10.1 Å². The highest BCUT2D eigenvalue weighted by molar-refractivity contribution is 7.13. The number of rotatable bonds is 7. The summed E-state index contributed by atoms with van der Waals surface area (Å²) in [7, 11) is 0. The molecular weight excluding hydrogens is 419 g/mol. The Morgan fingerprint density at radius 3 is 2.47 bits per heavy atom. The lowest BCUT2D eigenvalue weighted by atomic mass is 10.1. The number of benzene rings is 1. The maximum atomic E-state index is 12.7. The SMILES string of the molecule is CC(C)Oc1cc(C(=O)Nc2nccs2)cc(OCc2ccc(C(F)(F)F)cc2)n1. The maximum absolute atomic E-state index is 12.7. The molecule has 158 valence electrons. The van der Waals surface area contributed by atoms with Crippen molar-refractivity contribution >= 4 is 22.4 Å². The number of hydrogen-bond donors (Lipinski definition) is 1. The molecule has 0 unspecified atom stereocenters. The normalized spacial score (nSPS) is 11.4. The zero-order valence-electron chi connectivity index (χ0n) is 16.1. The highest BCUT2D eigenvalue weighted by Crippen LogP contribution is 2.29. The zero-order chi connectivity index (χ0) is 21.7. The van der Waals surface area contributed by atoms with Crippen LogP contribution in [0.5, 0.6) is 11.8 Å². The van der Waals surface area contributed by atoms with Crippen LogP contribution >= 0.6 is 11.3 Å². The molecule has 2 aromatic heterocycles. The summed E-state index contributed by atoms with van der Waals surface area (Å²) in [4.78, 5) is 20.7. The van der Waals surface area contributed by atoms with Gasteiger partial charge in [0.2, 0.25) is 11.8 Å². The number of halogens is 3. The van der Waals surface area contributed by atoms with E-state index in [0.717, 1.165) is 12.1 Å². The Balaban J connectivity index is 1.76. The molecule has 6 nitrogen and oxygen atoms in total. The van der Waals surface area contributed by atoms with Gasteiger partial charge in [0, 0.05) is 23.7 Å². The molecule has 0 bridgehead atoms. The third-order valence-corrected chi connectivity index (χ3v) is 4.41. The van der Waals surface area contributed by atoms with Crippen molar-refractivity contribution in [2.75, 3.05) is 5.32 Å². The second-order valence-electron chi connectivity index (χ2n) is 6.47. The van der Waals surface area contributed by atoms with E-state index in [-0.39, 0.29) is 30.0 Å². The van der Waals surface area contributed by atoms with Gasteiger partial charge in [0.25, 0.3) is 5.91 Å². The van der Waals surface area contributed by atoms with Gasteiger partial charge in [0.1, 0.15) is 6.61 Å². The van der Waals surface area contributed by atoms with Crippen LogP contribution < -0.4 is 14.8 Å². The Labute approximate surface area is 174 Å². The first-order chi connectivity index (χ1) is 14.2. The number of aromatic nitrogens is 2. The lowest BCUT2D eigenvalue weighted by Gasteiger charge is -2.13. The number of carbonyl (C=O) groups is 1. The monoisotopic (exact) mass is 437 g/mol. The van der Waals surface area contributed by atoms with Crippen LogP contribution in [0.15, 0.2) is 48.0 Å². The largest absolute Gasteiger partial charge is 0.475 e. The molecule has 0 atom stereocenters. The predicted octanol–water partition coefficient (Wildman–Crippen LogP) is 5.18. The fourth-order valence-electron chi connectivity index (χ4n) is 2.39. The number of anilines is 1. The van der Waals surface area contributed by atoms with Crippen molar-refractivity contribution in [3.8, 4) is 11.8 Å². The van der Waals surface area contributed by atoms with Gasteiger partial charge in [0.15, 0.2) is 5.13 Å². The fourth-order valence-corrected chi connectivity index (χ4v) is 2.91. The average molecular weight is 437 g/mol. The summed E-state index contributed by atoms with van der Waals surface area (Å²) in [6, 6.07) is 7.53. The standard InChI is InChI=1S/C20H18F3N3O3S/c1-12(2)29-17-10-14(18(27)26-19-24-7-8-30-19)9-16(25-17)28-11-13-3-5-15(6-4-13)20(21,22)23/h3-10,12H,11H2,1-2H3,(H,24,26,27). The van der Waals surface area contributed by atoms with Gasteiger partial charge >= 0.3 is 6.18 Å². The lowest BCUT2D eigenvalue weighted by molar-refractivity contribution is -0.137. The second kappa shape index (κ2) is 9.12. The average Bonchev–Trinajstić information content (AvgIpc) is 3.18. The summed E-state index contributed by atoms with van der Waals surface area (Å²) in [5.74, 6) is -0.114. The van der Waals surface area contributed by atoms with Crippen molar-refractivity contribution in [3.63, 3.8) is 0 Å². The molecule has 3 aromatic rings. The molecule has 3 rings (SSSR count). The lowest BCUT2D eigenvalue weighted by Crippen LogP contribution is -2.14. The molecule has 0 aliphatic carbocycles. The number of hydrogen-bond acceptors (Lipinski definition) is 6. The van der Waals surface area contributed by atoms with E-state index >= 15 is 0 Å². The molecule has 0 aliphatic rings. The number of ether oxygens (including phenoxy) is 2. The van der Waals surface area contributed by atoms with Crippen LogP contribution in [0.1, 0.15) is 35.3 Å². The number of carbonyl (C=O) groups excluding carboxylic acids is 1. The van der Waals surface area contributed by atoms with E-state index in [1.807, 2.05) is 13.8 Å².